The van der Waals surface area contributed by atoms with Gasteiger partial charge < -0.3 is 4.90 Å². The molecule has 2 fully saturated rings. The van der Waals surface area contributed by atoms with Gasteiger partial charge in [0.2, 0.25) is 0 Å². The third kappa shape index (κ3) is 5.32. The molecule has 0 aromatic heterocycles. The lowest BCUT2D eigenvalue weighted by molar-refractivity contribution is 0.182. The Morgan fingerprint density at radius 2 is 1.50 bits per heavy atom. The van der Waals surface area contributed by atoms with Gasteiger partial charge in [0.15, 0.2) is 0 Å². The van der Waals surface area contributed by atoms with Gasteiger partial charge >= 0.3 is 0 Å². The first-order valence-corrected chi connectivity index (χ1v) is 10.0. The molecule has 0 bridgehead atoms. The van der Waals surface area contributed by atoms with E-state index in [1.165, 1.54) is 83.0 Å². The van der Waals surface area contributed by atoms with Crippen LogP contribution in [0.15, 0.2) is 12.3 Å². The normalized spacial score (nSPS) is 27.4. The van der Waals surface area contributed by atoms with E-state index in [4.69, 9.17) is 0 Å². The molecular weight excluding hydrogens is 266 g/mol. The average molecular weight is 306 g/mol. The second-order valence-electron chi connectivity index (χ2n) is 8.35. The van der Waals surface area contributed by atoms with Crippen LogP contribution in [0.25, 0.3) is 0 Å². The molecular formula is C21H39N. The topological polar surface area (TPSA) is 3.24 Å². The summed E-state index contributed by atoms with van der Waals surface area (Å²) in [7, 11) is 0. The van der Waals surface area contributed by atoms with Gasteiger partial charge in [-0.3, -0.25) is 0 Å². The van der Waals surface area contributed by atoms with Crippen LogP contribution in [0, 0.1) is 23.7 Å². The zero-order chi connectivity index (χ0) is 15.9. The number of hydrogen-bond donors (Lipinski definition) is 0. The highest BCUT2D eigenvalue weighted by Gasteiger charge is 2.24. The smallest absolute Gasteiger partial charge is 0.0177 e. The van der Waals surface area contributed by atoms with Crippen LogP contribution >= 0.6 is 0 Å². The molecule has 0 radical (unpaired) electrons. The van der Waals surface area contributed by atoms with Gasteiger partial charge in [0, 0.05) is 18.8 Å². The summed E-state index contributed by atoms with van der Waals surface area (Å²) in [6.07, 6.45) is 14.2. The highest BCUT2D eigenvalue weighted by Crippen LogP contribution is 2.35. The fourth-order valence-electron chi connectivity index (χ4n) is 4.63. The first-order chi connectivity index (χ1) is 10.6. The molecule has 1 aliphatic carbocycles. The maximum atomic E-state index is 4.40. The molecule has 1 saturated heterocycles. The second kappa shape index (κ2) is 8.99. The summed E-state index contributed by atoms with van der Waals surface area (Å²) in [5, 5.41) is 0. The molecule has 22 heavy (non-hydrogen) atoms. The molecule has 0 N–H and O–H groups in total. The number of piperidine rings is 1. The maximum absolute atomic E-state index is 4.40. The summed E-state index contributed by atoms with van der Waals surface area (Å²) in [6.45, 7) is 14.0. The van der Waals surface area contributed by atoms with Gasteiger partial charge in [0.25, 0.3) is 0 Å². The summed E-state index contributed by atoms with van der Waals surface area (Å²) in [6, 6.07) is 0. The van der Waals surface area contributed by atoms with Crippen molar-refractivity contribution in [1.29, 1.82) is 0 Å². The zero-order valence-electron chi connectivity index (χ0n) is 15.4. The fraction of sp³-hybridized carbons (Fsp3) is 0.905. The van der Waals surface area contributed by atoms with Gasteiger partial charge in [-0.15, -0.1) is 0 Å². The average Bonchev–Trinajstić information content (AvgIpc) is 2.54. The van der Waals surface area contributed by atoms with Gasteiger partial charge in [0.05, 0.1) is 0 Å². The van der Waals surface area contributed by atoms with E-state index in [9.17, 15) is 0 Å². The largest absolute Gasteiger partial charge is 0.375 e. The van der Waals surface area contributed by atoms with Crippen LogP contribution in [-0.4, -0.2) is 18.0 Å². The SMILES string of the molecule is C=C(CCC1CCC(CCC)CC1)N1CCC(C(C)C)CC1. The van der Waals surface area contributed by atoms with Gasteiger partial charge in [0.1, 0.15) is 0 Å². The quantitative estimate of drug-likeness (QED) is 0.537. The Morgan fingerprint density at radius 3 is 2.00 bits per heavy atom. The minimum atomic E-state index is 0.855. The van der Waals surface area contributed by atoms with Crippen LogP contribution in [0.2, 0.25) is 0 Å². The highest BCUT2D eigenvalue weighted by atomic mass is 15.1. The first-order valence-electron chi connectivity index (χ1n) is 10.0. The molecule has 1 saturated carbocycles. The van der Waals surface area contributed by atoms with Crippen molar-refractivity contribution >= 4 is 0 Å². The van der Waals surface area contributed by atoms with E-state index in [2.05, 4.69) is 32.3 Å². The van der Waals surface area contributed by atoms with E-state index in [0.717, 1.165) is 23.7 Å². The van der Waals surface area contributed by atoms with Crippen molar-refractivity contribution in [3.8, 4) is 0 Å². The summed E-state index contributed by atoms with van der Waals surface area (Å²) in [5.74, 6) is 3.82. The first kappa shape index (κ1) is 17.9. The summed E-state index contributed by atoms with van der Waals surface area (Å²) >= 11 is 0. The second-order valence-corrected chi connectivity index (χ2v) is 8.35. The van der Waals surface area contributed by atoms with Crippen LogP contribution in [-0.2, 0) is 0 Å². The molecule has 2 aliphatic rings. The maximum Gasteiger partial charge on any atom is 0.0177 e. The molecule has 0 amide bonds. The van der Waals surface area contributed by atoms with E-state index in [1.54, 1.807) is 0 Å². The lowest BCUT2D eigenvalue weighted by Crippen LogP contribution is -2.34. The van der Waals surface area contributed by atoms with E-state index >= 15 is 0 Å². The molecule has 0 unspecified atom stereocenters. The molecule has 0 atom stereocenters. The Kier molecular flexibility index (Phi) is 7.31. The minimum absolute atomic E-state index is 0.855. The van der Waals surface area contributed by atoms with Crippen molar-refractivity contribution in [1.82, 2.24) is 4.90 Å². The molecule has 1 nitrogen and oxygen atoms in total. The molecule has 1 heterocycles. The number of allylic oxidation sites excluding steroid dienone is 1. The van der Waals surface area contributed by atoms with Crippen molar-refractivity contribution in [2.45, 2.75) is 85.0 Å². The van der Waals surface area contributed by atoms with E-state index in [0.29, 0.717) is 0 Å². The Morgan fingerprint density at radius 1 is 0.955 bits per heavy atom. The monoisotopic (exact) mass is 305 g/mol. The van der Waals surface area contributed by atoms with E-state index < -0.39 is 0 Å². The van der Waals surface area contributed by atoms with Crippen molar-refractivity contribution in [3.05, 3.63) is 12.3 Å². The summed E-state index contributed by atoms with van der Waals surface area (Å²) in [4.78, 5) is 2.58. The third-order valence-electron chi connectivity index (χ3n) is 6.43. The summed E-state index contributed by atoms with van der Waals surface area (Å²) < 4.78 is 0. The predicted octanol–water partition coefficient (Wildman–Crippen LogP) is 6.25. The molecule has 128 valence electrons. The molecule has 0 spiro atoms. The third-order valence-corrected chi connectivity index (χ3v) is 6.43. The van der Waals surface area contributed by atoms with Gasteiger partial charge in [-0.1, -0.05) is 65.9 Å². The number of rotatable bonds is 7. The molecule has 1 aliphatic heterocycles. The summed E-state index contributed by atoms with van der Waals surface area (Å²) in [5.41, 5.74) is 1.43. The van der Waals surface area contributed by atoms with Crippen molar-refractivity contribution in [2.75, 3.05) is 13.1 Å². The van der Waals surface area contributed by atoms with Crippen molar-refractivity contribution < 1.29 is 0 Å². The Balaban J connectivity index is 1.62. The van der Waals surface area contributed by atoms with Gasteiger partial charge in [-0.05, 0) is 49.4 Å². The lowest BCUT2D eigenvalue weighted by Gasteiger charge is -2.37. The van der Waals surface area contributed by atoms with Crippen LogP contribution < -0.4 is 0 Å². The molecule has 0 aromatic carbocycles. The molecule has 1 heteroatoms. The van der Waals surface area contributed by atoms with Crippen LogP contribution in [0.5, 0.6) is 0 Å². The lowest BCUT2D eigenvalue weighted by atomic mass is 9.78. The standard InChI is InChI=1S/C21H39N/c1-5-6-19-9-11-20(12-10-19)8-7-18(4)22-15-13-21(14-16-22)17(2)3/h17,19-21H,4-16H2,1-3H3. The molecule has 0 aromatic rings. The Hall–Kier alpha value is -0.460. The van der Waals surface area contributed by atoms with E-state index in [-0.39, 0.29) is 0 Å². The highest BCUT2D eigenvalue weighted by molar-refractivity contribution is 4.96. The Bertz CT molecular complexity index is 317. The van der Waals surface area contributed by atoms with Crippen LogP contribution in [0.3, 0.4) is 0 Å². The Labute approximate surface area is 139 Å². The van der Waals surface area contributed by atoms with E-state index in [1.807, 2.05) is 0 Å². The van der Waals surface area contributed by atoms with Crippen LogP contribution in [0.4, 0.5) is 0 Å². The number of likely N-dealkylation sites (tertiary alicyclic amines) is 1. The van der Waals surface area contributed by atoms with Gasteiger partial charge in [-0.2, -0.15) is 0 Å². The minimum Gasteiger partial charge on any atom is -0.375 e. The molecule has 2 rings (SSSR count). The fourth-order valence-corrected chi connectivity index (χ4v) is 4.63. The zero-order valence-corrected chi connectivity index (χ0v) is 15.4. The van der Waals surface area contributed by atoms with Crippen LogP contribution in [0.1, 0.15) is 85.0 Å². The predicted molar refractivity (Wildman–Crippen MR) is 97.9 cm³/mol. The number of nitrogens with zero attached hydrogens (tertiary/aromatic N) is 1. The number of hydrogen-bond acceptors (Lipinski definition) is 1. The van der Waals surface area contributed by atoms with Gasteiger partial charge in [-0.25, -0.2) is 0 Å². The van der Waals surface area contributed by atoms with Crippen molar-refractivity contribution in [3.63, 3.8) is 0 Å². The van der Waals surface area contributed by atoms with Crippen molar-refractivity contribution in [2.24, 2.45) is 23.7 Å².